The molecule has 0 bridgehead atoms. The number of ether oxygens (including phenoxy) is 2. The van der Waals surface area contributed by atoms with Crippen LogP contribution >= 0.6 is 0 Å². The largest absolute Gasteiger partial charge is 0.507 e. The number of fused-ring (bicyclic) bond motifs is 3. The van der Waals surface area contributed by atoms with Gasteiger partial charge in [-0.2, -0.15) is 0 Å². The molecule has 0 radical (unpaired) electrons. The van der Waals surface area contributed by atoms with E-state index in [1.807, 2.05) is 26.0 Å². The maximum atomic E-state index is 14.4. The fourth-order valence-corrected chi connectivity index (χ4v) is 6.27. The number of nitrogens with zero attached hydrogens (tertiary/aromatic N) is 2. The van der Waals surface area contributed by atoms with Crippen molar-refractivity contribution in [3.63, 3.8) is 0 Å². The summed E-state index contributed by atoms with van der Waals surface area (Å²) in [7, 11) is 0. The highest BCUT2D eigenvalue weighted by Crippen LogP contribution is 2.54. The zero-order valence-corrected chi connectivity index (χ0v) is 21.0. The summed E-state index contributed by atoms with van der Waals surface area (Å²) in [5.41, 5.74) is 0.535. The molecule has 37 heavy (non-hydrogen) atoms. The summed E-state index contributed by atoms with van der Waals surface area (Å²) >= 11 is 0. The van der Waals surface area contributed by atoms with Gasteiger partial charge in [0.25, 0.3) is 17.6 Å². The maximum Gasteiger partial charge on any atom is 0.296 e. The number of Topliss-reactive ketones (excluding diaryl/α,β-unsaturated/α-hetero) is 1. The number of carbonyl (C=O) groups is 3. The molecule has 0 saturated carbocycles. The van der Waals surface area contributed by atoms with Crippen LogP contribution in [0, 0.1) is 0 Å². The van der Waals surface area contributed by atoms with Crippen molar-refractivity contribution >= 4 is 29.0 Å². The Bertz CT molecular complexity index is 1340. The Labute approximate surface area is 215 Å². The van der Waals surface area contributed by atoms with Gasteiger partial charge in [0, 0.05) is 37.2 Å². The fraction of sp³-hybridized carbons (Fsp3) is 0.414. The van der Waals surface area contributed by atoms with E-state index in [0.29, 0.717) is 42.8 Å². The van der Waals surface area contributed by atoms with Crippen LogP contribution < -0.4 is 9.64 Å². The van der Waals surface area contributed by atoms with E-state index in [2.05, 4.69) is 0 Å². The van der Waals surface area contributed by atoms with Gasteiger partial charge in [0.05, 0.1) is 17.4 Å². The van der Waals surface area contributed by atoms with E-state index in [1.165, 1.54) is 4.90 Å². The number of ketones is 1. The molecule has 1 N–H and O–H groups in total. The van der Waals surface area contributed by atoms with Crippen LogP contribution in [0.5, 0.6) is 5.75 Å². The smallest absolute Gasteiger partial charge is 0.296 e. The van der Waals surface area contributed by atoms with E-state index in [1.54, 1.807) is 35.2 Å². The molecule has 3 atom stereocenters. The lowest BCUT2D eigenvalue weighted by Gasteiger charge is -2.35. The average Bonchev–Trinajstić information content (AvgIpc) is 3.64. The number of para-hydroxylation sites is 1. The van der Waals surface area contributed by atoms with Crippen LogP contribution in [-0.4, -0.2) is 59.5 Å². The van der Waals surface area contributed by atoms with Crippen LogP contribution in [0.15, 0.2) is 48.0 Å². The van der Waals surface area contributed by atoms with Crippen LogP contribution in [0.25, 0.3) is 5.76 Å². The maximum absolute atomic E-state index is 14.4. The van der Waals surface area contributed by atoms with Crippen LogP contribution in [0.1, 0.15) is 49.8 Å². The molecule has 2 amide bonds. The zero-order valence-electron chi connectivity index (χ0n) is 21.0. The fourth-order valence-electron chi connectivity index (χ4n) is 6.27. The Hall–Kier alpha value is -3.65. The molecule has 6 rings (SSSR count). The van der Waals surface area contributed by atoms with E-state index in [9.17, 15) is 19.5 Å². The third-order valence-corrected chi connectivity index (χ3v) is 7.84. The van der Waals surface area contributed by atoms with Crippen LogP contribution in [0.3, 0.4) is 0 Å². The summed E-state index contributed by atoms with van der Waals surface area (Å²) in [4.78, 5) is 44.8. The first kappa shape index (κ1) is 23.7. The highest BCUT2D eigenvalue weighted by molar-refractivity contribution is 6.50. The molecule has 2 saturated heterocycles. The molecule has 0 aromatic heterocycles. The summed E-state index contributed by atoms with van der Waals surface area (Å²) < 4.78 is 11.6. The lowest BCUT2D eigenvalue weighted by atomic mass is 9.81. The number of hydrogen-bond donors (Lipinski definition) is 1. The number of aliphatic hydroxyl groups is 1. The standard InChI is InChI=1S/C29H30N2O6/c1-3-12-30-22-9-5-4-8-21(22)29(28(30)35)24(26(33)27(34)31(29)16-20-7-6-13-36-20)25(32)18-10-11-23-19(15-18)14-17(2)37-23/h4-5,8-11,15,17,20,32H,3,6-7,12-14,16H2,1-2H3/t17-,20+,29-/m1/s1. The van der Waals surface area contributed by atoms with Crippen molar-refractivity contribution in [2.45, 2.75) is 57.3 Å². The van der Waals surface area contributed by atoms with Crippen LogP contribution in [0.2, 0.25) is 0 Å². The second-order valence-corrected chi connectivity index (χ2v) is 10.2. The molecular formula is C29H30N2O6. The Morgan fingerprint density at radius 3 is 2.73 bits per heavy atom. The van der Waals surface area contributed by atoms with Crippen molar-refractivity contribution in [2.24, 2.45) is 0 Å². The van der Waals surface area contributed by atoms with Gasteiger partial charge in [-0.1, -0.05) is 25.1 Å². The van der Waals surface area contributed by atoms with Gasteiger partial charge in [-0.3, -0.25) is 14.4 Å². The minimum atomic E-state index is -1.75. The van der Waals surface area contributed by atoms with E-state index >= 15 is 0 Å². The second-order valence-electron chi connectivity index (χ2n) is 10.2. The molecular weight excluding hydrogens is 472 g/mol. The molecule has 8 heteroatoms. The number of likely N-dealkylation sites (tertiary alicyclic amines) is 1. The van der Waals surface area contributed by atoms with Gasteiger partial charge in [0.2, 0.25) is 0 Å². The lowest BCUT2D eigenvalue weighted by Crippen LogP contribution is -2.53. The Morgan fingerprint density at radius 2 is 1.97 bits per heavy atom. The SMILES string of the molecule is CCCN1C(=O)[C@]2(C(=C(O)c3ccc4c(c3)C[C@@H](C)O4)C(=O)C(=O)N2C[C@@H]2CCCO2)c2ccccc21. The van der Waals surface area contributed by atoms with Crippen molar-refractivity contribution in [3.8, 4) is 5.75 Å². The summed E-state index contributed by atoms with van der Waals surface area (Å²) in [6.45, 7) is 5.03. The molecule has 2 aromatic rings. The Morgan fingerprint density at radius 1 is 1.16 bits per heavy atom. The molecule has 2 fully saturated rings. The van der Waals surface area contributed by atoms with E-state index < -0.39 is 23.1 Å². The molecule has 4 aliphatic rings. The van der Waals surface area contributed by atoms with Gasteiger partial charge in [-0.25, -0.2) is 0 Å². The first-order valence-electron chi connectivity index (χ1n) is 13.0. The highest BCUT2D eigenvalue weighted by Gasteiger charge is 2.67. The lowest BCUT2D eigenvalue weighted by molar-refractivity contribution is -0.145. The van der Waals surface area contributed by atoms with Gasteiger partial charge in [-0.15, -0.1) is 0 Å². The average molecular weight is 503 g/mol. The van der Waals surface area contributed by atoms with Gasteiger partial charge < -0.3 is 24.4 Å². The topological polar surface area (TPSA) is 96.4 Å². The molecule has 0 unspecified atom stereocenters. The molecule has 1 spiro atoms. The number of benzene rings is 2. The minimum absolute atomic E-state index is 0.00821. The number of amides is 2. The van der Waals surface area contributed by atoms with Crippen molar-refractivity contribution in [3.05, 3.63) is 64.7 Å². The van der Waals surface area contributed by atoms with E-state index in [-0.39, 0.29) is 30.1 Å². The van der Waals surface area contributed by atoms with Crippen LogP contribution in [0.4, 0.5) is 5.69 Å². The number of hydrogen-bond acceptors (Lipinski definition) is 6. The van der Waals surface area contributed by atoms with Gasteiger partial charge in [-0.05, 0) is 56.0 Å². The number of carbonyl (C=O) groups excluding carboxylic acids is 3. The third-order valence-electron chi connectivity index (χ3n) is 7.84. The van der Waals surface area contributed by atoms with E-state index in [0.717, 1.165) is 24.2 Å². The number of aliphatic hydroxyl groups excluding tert-OH is 1. The predicted molar refractivity (Wildman–Crippen MR) is 136 cm³/mol. The first-order valence-corrected chi connectivity index (χ1v) is 13.0. The summed E-state index contributed by atoms with van der Waals surface area (Å²) in [5, 5.41) is 11.7. The number of rotatable bonds is 5. The van der Waals surface area contributed by atoms with Crippen molar-refractivity contribution < 1.29 is 29.0 Å². The highest BCUT2D eigenvalue weighted by atomic mass is 16.5. The normalized spacial score (nSPS) is 27.8. The molecule has 0 aliphatic carbocycles. The second kappa shape index (κ2) is 8.73. The van der Waals surface area contributed by atoms with Crippen LogP contribution in [-0.2, 0) is 31.1 Å². The predicted octanol–water partition coefficient (Wildman–Crippen LogP) is 3.52. The molecule has 2 aromatic carbocycles. The van der Waals surface area contributed by atoms with Gasteiger partial charge in [0.15, 0.2) is 5.54 Å². The van der Waals surface area contributed by atoms with Crippen molar-refractivity contribution in [2.75, 3.05) is 24.6 Å². The van der Waals surface area contributed by atoms with Gasteiger partial charge >= 0.3 is 0 Å². The van der Waals surface area contributed by atoms with Crippen molar-refractivity contribution in [1.82, 2.24) is 4.90 Å². The quantitative estimate of drug-likeness (QED) is 0.382. The number of anilines is 1. The summed E-state index contributed by atoms with van der Waals surface area (Å²) in [6, 6.07) is 12.5. The van der Waals surface area contributed by atoms with Gasteiger partial charge in [0.1, 0.15) is 17.6 Å². The molecule has 4 heterocycles. The first-order chi connectivity index (χ1) is 17.9. The molecule has 8 nitrogen and oxygen atoms in total. The Balaban J connectivity index is 1.59. The van der Waals surface area contributed by atoms with Crippen molar-refractivity contribution in [1.29, 1.82) is 0 Å². The molecule has 192 valence electrons. The molecule has 4 aliphatic heterocycles. The Kier molecular flexibility index (Phi) is 5.60. The minimum Gasteiger partial charge on any atom is -0.507 e. The van der Waals surface area contributed by atoms with E-state index in [4.69, 9.17) is 9.47 Å². The third kappa shape index (κ3) is 3.35. The zero-order chi connectivity index (χ0) is 25.9. The summed E-state index contributed by atoms with van der Waals surface area (Å²) in [6.07, 6.45) is 2.67. The monoisotopic (exact) mass is 502 g/mol. The summed E-state index contributed by atoms with van der Waals surface area (Å²) in [5.74, 6) is -1.67.